The van der Waals surface area contributed by atoms with Crippen LogP contribution >= 0.6 is 0 Å². The first kappa shape index (κ1) is 14.0. The van der Waals surface area contributed by atoms with Gasteiger partial charge in [0.25, 0.3) is 15.9 Å². The van der Waals surface area contributed by atoms with Crippen molar-refractivity contribution in [3.8, 4) is 0 Å². The fraction of sp³-hybridized carbons (Fsp3) is 0.200. The molecule has 0 aliphatic rings. The first-order valence-corrected chi connectivity index (χ1v) is 6.47. The Hall–Kier alpha value is -2.09. The van der Waals surface area contributed by atoms with Crippen LogP contribution in [0.4, 0.5) is 0 Å². The molecule has 1 amide bonds. The summed E-state index contributed by atoms with van der Waals surface area (Å²) in [6.07, 6.45) is 0. The molecular weight excluding hydrogens is 256 g/mol. The maximum atomic E-state index is 11.8. The van der Waals surface area contributed by atoms with E-state index in [-0.39, 0.29) is 17.4 Å². The van der Waals surface area contributed by atoms with Crippen molar-refractivity contribution < 1.29 is 13.2 Å². The summed E-state index contributed by atoms with van der Waals surface area (Å²) in [6, 6.07) is 7.54. The summed E-state index contributed by atoms with van der Waals surface area (Å²) < 4.78 is 25.4. The Balaban J connectivity index is 2.73. The molecule has 18 heavy (non-hydrogen) atoms. The topological polar surface area (TPSA) is 116 Å². The highest BCUT2D eigenvalue weighted by Gasteiger charge is 2.18. The largest absolute Gasteiger partial charge is 0.370 e. The molecule has 4 N–H and O–H groups in total. The number of nitrogens with one attached hydrogen (secondary N) is 2. The lowest BCUT2D eigenvalue weighted by atomic mass is 10.4. The Kier molecular flexibility index (Phi) is 4.27. The molecule has 0 bridgehead atoms. The third kappa shape index (κ3) is 3.74. The van der Waals surface area contributed by atoms with Crippen molar-refractivity contribution in [1.82, 2.24) is 9.62 Å². The lowest BCUT2D eigenvalue weighted by molar-refractivity contribution is -0.119. The normalized spacial score (nSPS) is 10.7. The van der Waals surface area contributed by atoms with E-state index in [2.05, 4.69) is 0 Å². The second-order valence-corrected chi connectivity index (χ2v) is 5.27. The van der Waals surface area contributed by atoms with Gasteiger partial charge in [0.05, 0.1) is 4.90 Å². The minimum Gasteiger partial charge on any atom is -0.370 e. The van der Waals surface area contributed by atoms with E-state index in [4.69, 9.17) is 11.1 Å². The molecule has 0 fully saturated rings. The molecule has 98 valence electrons. The van der Waals surface area contributed by atoms with Crippen LogP contribution in [0.1, 0.15) is 0 Å². The van der Waals surface area contributed by atoms with Gasteiger partial charge >= 0.3 is 0 Å². The first-order chi connectivity index (χ1) is 8.33. The second-order valence-electron chi connectivity index (χ2n) is 3.58. The Morgan fingerprint density at radius 1 is 1.39 bits per heavy atom. The van der Waals surface area contributed by atoms with E-state index in [0.29, 0.717) is 0 Å². The van der Waals surface area contributed by atoms with Crippen molar-refractivity contribution in [3.05, 3.63) is 30.3 Å². The van der Waals surface area contributed by atoms with Gasteiger partial charge < -0.3 is 10.6 Å². The average molecular weight is 270 g/mol. The van der Waals surface area contributed by atoms with Crippen LogP contribution in [-0.2, 0) is 14.8 Å². The summed E-state index contributed by atoms with van der Waals surface area (Å²) in [5.41, 5.74) is 5.14. The summed E-state index contributed by atoms with van der Waals surface area (Å²) in [6.45, 7) is -0.304. The van der Waals surface area contributed by atoms with Crippen LogP contribution in [0.2, 0.25) is 0 Å². The standard InChI is InChI=1S/C10H14N4O3S/c1-14(10(11)12)7-9(15)13-18(16,17)8-5-3-2-4-6-8/h2-6H,7H2,1H3,(H3,11,12)(H,13,15). The van der Waals surface area contributed by atoms with Gasteiger partial charge in [0.1, 0.15) is 6.54 Å². The number of rotatable bonds is 4. The number of hydrogen-bond donors (Lipinski definition) is 3. The van der Waals surface area contributed by atoms with Crippen molar-refractivity contribution in [2.75, 3.05) is 13.6 Å². The predicted molar refractivity (Wildman–Crippen MR) is 66.3 cm³/mol. The monoisotopic (exact) mass is 270 g/mol. The average Bonchev–Trinajstić information content (AvgIpc) is 2.29. The van der Waals surface area contributed by atoms with E-state index >= 15 is 0 Å². The molecule has 0 heterocycles. The first-order valence-electron chi connectivity index (χ1n) is 4.99. The number of nitrogens with zero attached hydrogens (tertiary/aromatic N) is 1. The molecule has 0 radical (unpaired) electrons. The molecule has 0 aliphatic heterocycles. The van der Waals surface area contributed by atoms with Crippen LogP contribution in [0.5, 0.6) is 0 Å². The predicted octanol–water partition coefficient (Wildman–Crippen LogP) is -0.683. The highest BCUT2D eigenvalue weighted by atomic mass is 32.2. The van der Waals surface area contributed by atoms with E-state index in [0.717, 1.165) is 4.90 Å². The minimum atomic E-state index is -3.87. The molecule has 7 nitrogen and oxygen atoms in total. The number of likely N-dealkylation sites (N-methyl/N-ethyl adjacent to an activating group) is 1. The van der Waals surface area contributed by atoms with Crippen LogP contribution in [0.25, 0.3) is 0 Å². The number of nitrogens with two attached hydrogens (primary N) is 1. The number of benzene rings is 1. The maximum Gasteiger partial charge on any atom is 0.264 e. The fourth-order valence-corrected chi connectivity index (χ4v) is 2.14. The van der Waals surface area contributed by atoms with Gasteiger partial charge in [-0.05, 0) is 12.1 Å². The third-order valence-corrected chi connectivity index (χ3v) is 3.48. The summed E-state index contributed by atoms with van der Waals surface area (Å²) in [5.74, 6) is -1.07. The van der Waals surface area contributed by atoms with Crippen molar-refractivity contribution in [2.45, 2.75) is 4.90 Å². The van der Waals surface area contributed by atoms with Gasteiger partial charge in [0.2, 0.25) is 0 Å². The van der Waals surface area contributed by atoms with Crippen LogP contribution in [0, 0.1) is 5.41 Å². The third-order valence-electron chi connectivity index (χ3n) is 2.09. The van der Waals surface area contributed by atoms with Gasteiger partial charge in [-0.1, -0.05) is 18.2 Å². The summed E-state index contributed by atoms with van der Waals surface area (Å²) >= 11 is 0. The molecule has 0 saturated heterocycles. The number of carbonyl (C=O) groups excluding carboxylic acids is 1. The molecule has 8 heteroatoms. The molecule has 1 rings (SSSR count). The minimum absolute atomic E-state index is 0.00354. The van der Waals surface area contributed by atoms with E-state index < -0.39 is 15.9 Å². The number of carbonyl (C=O) groups is 1. The number of hydrogen-bond acceptors (Lipinski definition) is 4. The van der Waals surface area contributed by atoms with Crippen molar-refractivity contribution in [3.63, 3.8) is 0 Å². The SMILES string of the molecule is CN(CC(=O)NS(=O)(=O)c1ccccc1)C(=N)N. The zero-order chi connectivity index (χ0) is 13.8. The molecular formula is C10H14N4O3S. The van der Waals surface area contributed by atoms with Crippen molar-refractivity contribution in [2.24, 2.45) is 5.73 Å². The van der Waals surface area contributed by atoms with Gasteiger partial charge in [0.15, 0.2) is 5.96 Å². The van der Waals surface area contributed by atoms with E-state index in [1.165, 1.54) is 19.2 Å². The lowest BCUT2D eigenvalue weighted by Crippen LogP contribution is -2.43. The van der Waals surface area contributed by atoms with Gasteiger partial charge in [-0.25, -0.2) is 13.1 Å². The molecule has 0 aliphatic carbocycles. The highest BCUT2D eigenvalue weighted by Crippen LogP contribution is 2.06. The van der Waals surface area contributed by atoms with Crippen LogP contribution in [0.15, 0.2) is 35.2 Å². The Labute approximate surface area is 105 Å². The van der Waals surface area contributed by atoms with Gasteiger partial charge in [0, 0.05) is 7.05 Å². The molecule has 1 aromatic carbocycles. The Morgan fingerprint density at radius 2 is 1.94 bits per heavy atom. The van der Waals surface area contributed by atoms with E-state index in [1.54, 1.807) is 18.2 Å². The van der Waals surface area contributed by atoms with Crippen LogP contribution < -0.4 is 10.5 Å². The number of amides is 1. The van der Waals surface area contributed by atoms with E-state index in [1.807, 2.05) is 4.72 Å². The molecule has 0 saturated carbocycles. The number of guanidine groups is 1. The van der Waals surface area contributed by atoms with Crippen LogP contribution in [0.3, 0.4) is 0 Å². The summed E-state index contributed by atoms with van der Waals surface area (Å²) in [4.78, 5) is 12.6. The Morgan fingerprint density at radius 3 is 2.44 bits per heavy atom. The maximum absolute atomic E-state index is 11.8. The van der Waals surface area contributed by atoms with Gasteiger partial charge in [-0.3, -0.25) is 10.2 Å². The molecule has 0 spiro atoms. The second kappa shape index (κ2) is 5.50. The zero-order valence-corrected chi connectivity index (χ0v) is 10.6. The Bertz CT molecular complexity index is 542. The molecule has 0 aromatic heterocycles. The van der Waals surface area contributed by atoms with E-state index in [9.17, 15) is 13.2 Å². The van der Waals surface area contributed by atoms with Gasteiger partial charge in [-0.15, -0.1) is 0 Å². The van der Waals surface area contributed by atoms with Gasteiger partial charge in [-0.2, -0.15) is 0 Å². The summed E-state index contributed by atoms with van der Waals surface area (Å²) in [7, 11) is -2.45. The molecule has 1 aromatic rings. The quantitative estimate of drug-likeness (QED) is 0.495. The molecule has 0 atom stereocenters. The zero-order valence-electron chi connectivity index (χ0n) is 9.75. The summed E-state index contributed by atoms with van der Waals surface area (Å²) in [5, 5.41) is 7.06. The van der Waals surface area contributed by atoms with Crippen LogP contribution in [-0.4, -0.2) is 38.8 Å². The lowest BCUT2D eigenvalue weighted by Gasteiger charge is -2.15. The highest BCUT2D eigenvalue weighted by molar-refractivity contribution is 7.90. The smallest absolute Gasteiger partial charge is 0.264 e. The van der Waals surface area contributed by atoms with Crippen molar-refractivity contribution >= 4 is 21.9 Å². The number of sulfonamides is 1. The molecule has 0 unspecified atom stereocenters. The van der Waals surface area contributed by atoms with Crippen molar-refractivity contribution in [1.29, 1.82) is 5.41 Å². The fourth-order valence-electron chi connectivity index (χ4n) is 1.14.